The third-order valence-electron chi connectivity index (χ3n) is 5.69. The number of rotatable bonds is 5. The van der Waals surface area contributed by atoms with Gasteiger partial charge in [0.05, 0.1) is 16.3 Å². The zero-order valence-electron chi connectivity index (χ0n) is 17.9. The molecule has 1 N–H and O–H groups in total. The Morgan fingerprint density at radius 1 is 1.12 bits per heavy atom. The highest BCUT2D eigenvalue weighted by molar-refractivity contribution is 6.33. The van der Waals surface area contributed by atoms with Crippen LogP contribution in [0.4, 0.5) is 18.9 Å². The number of nitrogens with one attached hydrogen (secondary N) is 1. The number of halogens is 4. The summed E-state index contributed by atoms with van der Waals surface area (Å²) in [7, 11) is 0. The Balaban J connectivity index is 1.56. The molecule has 5 nitrogen and oxygen atoms in total. The number of alkyl halides is 3. The molecule has 174 valence electrons. The first-order chi connectivity index (χ1) is 15.5. The summed E-state index contributed by atoms with van der Waals surface area (Å²) in [5.74, 6) is -0.721. The van der Waals surface area contributed by atoms with Gasteiger partial charge in [-0.1, -0.05) is 25.4 Å². The van der Waals surface area contributed by atoms with Crippen molar-refractivity contribution >= 4 is 34.2 Å². The molecule has 2 aromatic carbocycles. The summed E-state index contributed by atoms with van der Waals surface area (Å²) in [6, 6.07) is 6.87. The summed E-state index contributed by atoms with van der Waals surface area (Å²) in [5.41, 5.74) is 0.928. The first kappa shape index (κ1) is 23.2. The van der Waals surface area contributed by atoms with Crippen molar-refractivity contribution in [1.82, 2.24) is 0 Å². The molecular formula is C24H21ClF3NO4. The van der Waals surface area contributed by atoms with Crippen LogP contribution in [0.25, 0.3) is 11.0 Å². The number of carbonyl (C=O) groups excluding carboxylic acids is 1. The molecule has 0 fully saturated rings. The molecule has 0 saturated carbocycles. The lowest BCUT2D eigenvalue weighted by molar-refractivity contribution is -0.138. The van der Waals surface area contributed by atoms with Gasteiger partial charge in [-0.2, -0.15) is 13.2 Å². The summed E-state index contributed by atoms with van der Waals surface area (Å²) in [6.45, 7) is 3.53. The van der Waals surface area contributed by atoms with E-state index in [0.717, 1.165) is 35.9 Å². The minimum absolute atomic E-state index is 0.162. The van der Waals surface area contributed by atoms with Crippen molar-refractivity contribution in [2.45, 2.75) is 45.3 Å². The standard InChI is InChI=1S/C24H21ClF3NO4/c1-12(2)21(29-19-9-6-13(10-18(19)25)24(26,27)28)23(31)32-14-7-8-16-15-4-3-5-17(15)22(30)33-20(16)11-14/h6-12,21,29H,3-5H2,1-2H3/t21-/m1/s1. The predicted molar refractivity (Wildman–Crippen MR) is 119 cm³/mol. The van der Waals surface area contributed by atoms with E-state index in [1.807, 2.05) is 0 Å². The van der Waals surface area contributed by atoms with Gasteiger partial charge >= 0.3 is 17.8 Å². The molecule has 0 unspecified atom stereocenters. The van der Waals surface area contributed by atoms with Gasteiger partial charge in [0.1, 0.15) is 17.4 Å². The van der Waals surface area contributed by atoms with Crippen LogP contribution >= 0.6 is 11.6 Å². The maximum Gasteiger partial charge on any atom is 0.416 e. The van der Waals surface area contributed by atoms with Crippen molar-refractivity contribution in [3.63, 3.8) is 0 Å². The first-order valence-corrected chi connectivity index (χ1v) is 10.9. The molecule has 1 heterocycles. The van der Waals surface area contributed by atoms with Crippen molar-refractivity contribution in [1.29, 1.82) is 0 Å². The molecule has 0 radical (unpaired) electrons. The minimum atomic E-state index is -4.52. The lowest BCUT2D eigenvalue weighted by Gasteiger charge is -2.23. The fourth-order valence-electron chi connectivity index (χ4n) is 3.98. The van der Waals surface area contributed by atoms with Crippen LogP contribution in [0.15, 0.2) is 45.6 Å². The van der Waals surface area contributed by atoms with Crippen molar-refractivity contribution in [2.75, 3.05) is 5.32 Å². The summed E-state index contributed by atoms with van der Waals surface area (Å²) < 4.78 is 49.6. The first-order valence-electron chi connectivity index (χ1n) is 10.5. The highest BCUT2D eigenvalue weighted by Gasteiger charge is 2.32. The lowest BCUT2D eigenvalue weighted by Crippen LogP contribution is -2.37. The largest absolute Gasteiger partial charge is 0.425 e. The molecule has 33 heavy (non-hydrogen) atoms. The van der Waals surface area contributed by atoms with Crippen molar-refractivity contribution in [3.8, 4) is 5.75 Å². The Kier molecular flexibility index (Phi) is 6.14. The summed E-state index contributed by atoms with van der Waals surface area (Å²) in [6.07, 6.45) is -2.14. The molecule has 0 saturated heterocycles. The molecule has 0 amide bonds. The molecular weight excluding hydrogens is 459 g/mol. The van der Waals surface area contributed by atoms with E-state index >= 15 is 0 Å². The number of ether oxygens (including phenoxy) is 1. The number of hydrogen-bond acceptors (Lipinski definition) is 5. The van der Waals surface area contributed by atoms with Gasteiger partial charge < -0.3 is 14.5 Å². The average molecular weight is 480 g/mol. The topological polar surface area (TPSA) is 68.5 Å². The zero-order chi connectivity index (χ0) is 23.9. The Bertz CT molecular complexity index is 1280. The number of esters is 1. The number of carbonyl (C=O) groups is 1. The fourth-order valence-corrected chi connectivity index (χ4v) is 4.22. The van der Waals surface area contributed by atoms with Crippen LogP contribution in [0.1, 0.15) is 37.0 Å². The average Bonchev–Trinajstić information content (AvgIpc) is 3.22. The Labute approximate surface area is 192 Å². The highest BCUT2D eigenvalue weighted by atomic mass is 35.5. The summed E-state index contributed by atoms with van der Waals surface area (Å²) in [4.78, 5) is 25.1. The van der Waals surface area contributed by atoms with Crippen LogP contribution in [0.5, 0.6) is 5.75 Å². The van der Waals surface area contributed by atoms with Gasteiger partial charge in [0.2, 0.25) is 0 Å². The Morgan fingerprint density at radius 3 is 2.52 bits per heavy atom. The predicted octanol–water partition coefficient (Wildman–Crippen LogP) is 6.00. The van der Waals surface area contributed by atoms with Gasteiger partial charge in [0, 0.05) is 17.0 Å². The number of hydrogen-bond donors (Lipinski definition) is 1. The monoisotopic (exact) mass is 479 g/mol. The van der Waals surface area contributed by atoms with Crippen molar-refractivity contribution < 1.29 is 27.1 Å². The molecule has 0 aliphatic heterocycles. The molecule has 0 spiro atoms. The quantitative estimate of drug-likeness (QED) is 0.276. The zero-order valence-corrected chi connectivity index (χ0v) is 18.6. The van der Waals surface area contributed by atoms with Gasteiger partial charge in [-0.05, 0) is 61.1 Å². The molecule has 1 aromatic heterocycles. The van der Waals surface area contributed by atoms with E-state index < -0.39 is 23.8 Å². The van der Waals surface area contributed by atoms with Crippen molar-refractivity contribution in [3.05, 3.63) is 68.5 Å². The van der Waals surface area contributed by atoms with Gasteiger partial charge in [-0.3, -0.25) is 0 Å². The number of aryl methyl sites for hydroxylation is 1. The SMILES string of the molecule is CC(C)[C@@H](Nc1ccc(C(F)(F)F)cc1Cl)C(=O)Oc1ccc2c3c(c(=O)oc2c1)CCC3. The summed E-state index contributed by atoms with van der Waals surface area (Å²) in [5, 5.41) is 3.53. The van der Waals surface area contributed by atoms with E-state index in [1.54, 1.807) is 26.0 Å². The van der Waals surface area contributed by atoms with Crippen LogP contribution in [0.2, 0.25) is 5.02 Å². The number of fused-ring (bicyclic) bond motifs is 3. The highest BCUT2D eigenvalue weighted by Crippen LogP contribution is 2.34. The van der Waals surface area contributed by atoms with E-state index in [0.29, 0.717) is 17.6 Å². The van der Waals surface area contributed by atoms with E-state index in [-0.39, 0.29) is 28.0 Å². The van der Waals surface area contributed by atoms with E-state index in [9.17, 15) is 22.8 Å². The van der Waals surface area contributed by atoms with Crippen LogP contribution < -0.4 is 15.7 Å². The minimum Gasteiger partial charge on any atom is -0.425 e. The van der Waals surface area contributed by atoms with Crippen LogP contribution in [0, 0.1) is 5.92 Å². The second-order valence-electron chi connectivity index (χ2n) is 8.34. The molecule has 3 aromatic rings. The van der Waals surface area contributed by atoms with Gasteiger partial charge in [-0.25, -0.2) is 9.59 Å². The van der Waals surface area contributed by atoms with Crippen LogP contribution in [-0.4, -0.2) is 12.0 Å². The Hall–Kier alpha value is -3.00. The number of anilines is 1. The molecule has 4 rings (SSSR count). The van der Waals surface area contributed by atoms with Crippen LogP contribution in [0.3, 0.4) is 0 Å². The molecule has 0 bridgehead atoms. The fraction of sp³-hybridized carbons (Fsp3) is 0.333. The maximum atomic E-state index is 12.9. The van der Waals surface area contributed by atoms with Gasteiger partial charge in [0.15, 0.2) is 0 Å². The second kappa shape index (κ2) is 8.74. The third-order valence-corrected chi connectivity index (χ3v) is 6.00. The normalized spacial score (nSPS) is 14.4. The van der Waals surface area contributed by atoms with Crippen molar-refractivity contribution in [2.24, 2.45) is 5.92 Å². The molecule has 1 aliphatic rings. The van der Waals surface area contributed by atoms with E-state index in [1.165, 1.54) is 12.1 Å². The lowest BCUT2D eigenvalue weighted by atomic mass is 10.0. The van der Waals surface area contributed by atoms with E-state index in [4.69, 9.17) is 20.8 Å². The van der Waals surface area contributed by atoms with Gasteiger partial charge in [0.25, 0.3) is 0 Å². The number of benzene rings is 2. The molecule has 1 aliphatic carbocycles. The second-order valence-corrected chi connectivity index (χ2v) is 8.74. The summed E-state index contributed by atoms with van der Waals surface area (Å²) >= 11 is 6.02. The smallest absolute Gasteiger partial charge is 0.416 e. The molecule has 1 atom stereocenters. The van der Waals surface area contributed by atoms with Gasteiger partial charge in [-0.15, -0.1) is 0 Å². The third kappa shape index (κ3) is 4.71. The maximum absolute atomic E-state index is 12.9. The van der Waals surface area contributed by atoms with E-state index in [2.05, 4.69) is 5.32 Å². The van der Waals surface area contributed by atoms with Crippen LogP contribution in [-0.2, 0) is 23.8 Å². The Morgan fingerprint density at radius 2 is 1.85 bits per heavy atom. The molecule has 9 heteroatoms.